The Balaban J connectivity index is 3.47. The molecule has 0 unspecified atom stereocenters. The number of carbonyl (C=O) groups excluding carboxylic acids is 6. The Bertz CT molecular complexity index is 511. The number of hydrogen-bond acceptors (Lipinski definition) is 10. The van der Waals surface area contributed by atoms with Gasteiger partial charge in [-0.15, -0.1) is 0 Å². The number of ether oxygens (including phenoxy) is 4. The minimum Gasteiger partial charge on any atom is -0.435 e. The first kappa shape index (κ1) is 20.9. The second kappa shape index (κ2) is 8.78. The van der Waals surface area contributed by atoms with E-state index in [0.29, 0.717) is 9.80 Å². The van der Waals surface area contributed by atoms with E-state index in [4.69, 9.17) is 18.9 Å². The molecule has 1 aliphatic rings. The predicted octanol–water partition coefficient (Wildman–Crippen LogP) is -1.53. The Kier molecular flexibility index (Phi) is 7.05. The molecule has 1 heterocycles. The van der Waals surface area contributed by atoms with Gasteiger partial charge in [0.05, 0.1) is 0 Å². The van der Waals surface area contributed by atoms with Gasteiger partial charge in [-0.2, -0.15) is 0 Å². The summed E-state index contributed by atoms with van der Waals surface area (Å²) in [5, 5.41) is 0. The monoisotopic (exact) mass is 374 g/mol. The van der Waals surface area contributed by atoms with Crippen LogP contribution in [0.3, 0.4) is 0 Å². The van der Waals surface area contributed by atoms with Crippen molar-refractivity contribution in [3.63, 3.8) is 0 Å². The Morgan fingerprint density at radius 2 is 0.769 bits per heavy atom. The molecule has 0 aliphatic carbocycles. The lowest BCUT2D eigenvalue weighted by molar-refractivity contribution is -0.289. The summed E-state index contributed by atoms with van der Waals surface area (Å²) in [7, 11) is 0. The van der Waals surface area contributed by atoms with Gasteiger partial charge in [0.25, 0.3) is 0 Å². The van der Waals surface area contributed by atoms with E-state index in [2.05, 4.69) is 0 Å². The highest BCUT2D eigenvalue weighted by Crippen LogP contribution is 2.29. The van der Waals surface area contributed by atoms with E-state index in [1.807, 2.05) is 0 Å². The molecule has 26 heavy (non-hydrogen) atoms. The van der Waals surface area contributed by atoms with Crippen molar-refractivity contribution in [2.24, 2.45) is 0 Å². The molecule has 0 radical (unpaired) electrons. The minimum atomic E-state index is -1.64. The molecule has 0 aromatic carbocycles. The van der Waals surface area contributed by atoms with E-state index in [1.165, 1.54) is 0 Å². The highest BCUT2D eigenvalue weighted by Gasteiger charge is 2.54. The van der Waals surface area contributed by atoms with Gasteiger partial charge in [0.1, 0.15) is 0 Å². The van der Waals surface area contributed by atoms with Crippen molar-refractivity contribution in [3.05, 3.63) is 0 Å². The predicted molar refractivity (Wildman–Crippen MR) is 78.0 cm³/mol. The average Bonchev–Trinajstić information content (AvgIpc) is 2.49. The van der Waals surface area contributed by atoms with Crippen LogP contribution in [0.5, 0.6) is 0 Å². The normalized spacial score (nSPS) is 24.9. The van der Waals surface area contributed by atoms with E-state index in [-0.39, 0.29) is 12.8 Å². The first-order valence-electron chi connectivity index (χ1n) is 7.26. The SMILES string of the molecule is CC(=O)O[C@@H]1[C@H](OC(C)=O)N(C=O)[C@@H](OC(C)=O)[C@@H](OC(C)=O)N1C=O. The zero-order valence-corrected chi connectivity index (χ0v) is 14.4. The molecule has 12 heteroatoms. The second-order valence-electron chi connectivity index (χ2n) is 5.11. The summed E-state index contributed by atoms with van der Waals surface area (Å²) in [6.45, 7) is 4.05. The summed E-state index contributed by atoms with van der Waals surface area (Å²) < 4.78 is 19.8. The molecule has 0 bridgehead atoms. The van der Waals surface area contributed by atoms with Gasteiger partial charge < -0.3 is 18.9 Å². The van der Waals surface area contributed by atoms with Gasteiger partial charge in [0, 0.05) is 27.7 Å². The summed E-state index contributed by atoms with van der Waals surface area (Å²) in [5.41, 5.74) is 0. The van der Waals surface area contributed by atoms with Gasteiger partial charge >= 0.3 is 23.9 Å². The standard InChI is InChI=1S/C14H18N2O10/c1-7(19)23-11-12(24-8(2)20)16(6-18)14(26-10(4)22)13(15(11)5-17)25-9(3)21/h5-6,11-14H,1-4H3/t11-,12+,13-,14+. The highest BCUT2D eigenvalue weighted by molar-refractivity contribution is 5.70. The quantitative estimate of drug-likeness (QED) is 0.305. The van der Waals surface area contributed by atoms with Crippen LogP contribution >= 0.6 is 0 Å². The minimum absolute atomic E-state index is 0.135. The van der Waals surface area contributed by atoms with Crippen molar-refractivity contribution in [1.82, 2.24) is 9.80 Å². The molecule has 0 aromatic heterocycles. The lowest BCUT2D eigenvalue weighted by Crippen LogP contribution is -2.71. The zero-order valence-electron chi connectivity index (χ0n) is 14.4. The molecule has 1 rings (SSSR count). The number of rotatable bonds is 6. The van der Waals surface area contributed by atoms with Gasteiger partial charge in [-0.3, -0.25) is 38.6 Å². The number of hydrogen-bond donors (Lipinski definition) is 0. The molecule has 1 aliphatic heterocycles. The van der Waals surface area contributed by atoms with Crippen LogP contribution in [0.4, 0.5) is 0 Å². The topological polar surface area (TPSA) is 146 Å². The van der Waals surface area contributed by atoms with Crippen molar-refractivity contribution in [2.45, 2.75) is 52.6 Å². The number of piperazine rings is 1. The maximum absolute atomic E-state index is 11.6. The van der Waals surface area contributed by atoms with Crippen LogP contribution in [0.1, 0.15) is 27.7 Å². The lowest BCUT2D eigenvalue weighted by atomic mass is 10.2. The van der Waals surface area contributed by atoms with Crippen molar-refractivity contribution in [2.75, 3.05) is 0 Å². The van der Waals surface area contributed by atoms with Gasteiger partial charge in [0.15, 0.2) is 0 Å². The van der Waals surface area contributed by atoms with Crippen LogP contribution in [0.2, 0.25) is 0 Å². The van der Waals surface area contributed by atoms with Crippen LogP contribution in [-0.4, -0.2) is 71.4 Å². The number of amides is 2. The van der Waals surface area contributed by atoms with Crippen molar-refractivity contribution in [1.29, 1.82) is 0 Å². The summed E-state index contributed by atoms with van der Waals surface area (Å²) in [6.07, 6.45) is -6.30. The molecule has 0 N–H and O–H groups in total. The summed E-state index contributed by atoms with van der Waals surface area (Å²) in [5.74, 6) is -3.51. The Morgan fingerprint density at radius 3 is 0.885 bits per heavy atom. The maximum Gasteiger partial charge on any atom is 0.304 e. The van der Waals surface area contributed by atoms with Crippen molar-refractivity contribution >= 4 is 36.7 Å². The fraction of sp³-hybridized carbons (Fsp3) is 0.571. The molecule has 12 nitrogen and oxygen atoms in total. The summed E-state index contributed by atoms with van der Waals surface area (Å²) in [6, 6.07) is 0. The lowest BCUT2D eigenvalue weighted by Gasteiger charge is -2.49. The zero-order chi connectivity index (χ0) is 20.0. The first-order chi connectivity index (χ1) is 12.1. The van der Waals surface area contributed by atoms with Gasteiger partial charge in [-0.1, -0.05) is 0 Å². The van der Waals surface area contributed by atoms with Crippen LogP contribution in [0, 0.1) is 0 Å². The molecular formula is C14H18N2O10. The Morgan fingerprint density at radius 1 is 0.577 bits per heavy atom. The molecular weight excluding hydrogens is 356 g/mol. The fourth-order valence-corrected chi connectivity index (χ4v) is 2.27. The van der Waals surface area contributed by atoms with Crippen LogP contribution in [-0.2, 0) is 47.7 Å². The van der Waals surface area contributed by atoms with Crippen molar-refractivity contribution in [3.8, 4) is 0 Å². The van der Waals surface area contributed by atoms with Crippen molar-refractivity contribution < 1.29 is 47.7 Å². The summed E-state index contributed by atoms with van der Waals surface area (Å²) >= 11 is 0. The van der Waals surface area contributed by atoms with Crippen LogP contribution in [0.25, 0.3) is 0 Å². The smallest absolute Gasteiger partial charge is 0.304 e. The third-order valence-corrected chi connectivity index (χ3v) is 3.05. The first-order valence-corrected chi connectivity index (χ1v) is 7.26. The fourth-order valence-electron chi connectivity index (χ4n) is 2.27. The molecule has 144 valence electrons. The van der Waals surface area contributed by atoms with Crippen LogP contribution < -0.4 is 0 Å². The van der Waals surface area contributed by atoms with E-state index in [9.17, 15) is 28.8 Å². The average molecular weight is 374 g/mol. The van der Waals surface area contributed by atoms with Crippen LogP contribution in [0.15, 0.2) is 0 Å². The third-order valence-electron chi connectivity index (χ3n) is 3.05. The van der Waals surface area contributed by atoms with E-state index >= 15 is 0 Å². The molecule has 4 atom stereocenters. The third kappa shape index (κ3) is 4.91. The highest BCUT2D eigenvalue weighted by atomic mass is 16.6. The largest absolute Gasteiger partial charge is 0.435 e. The molecule has 0 saturated carbocycles. The van der Waals surface area contributed by atoms with Gasteiger partial charge in [-0.25, -0.2) is 0 Å². The molecule has 1 saturated heterocycles. The van der Waals surface area contributed by atoms with E-state index < -0.39 is 48.8 Å². The molecule has 1 fully saturated rings. The Hall–Kier alpha value is -3.18. The second-order valence-corrected chi connectivity index (χ2v) is 5.11. The summed E-state index contributed by atoms with van der Waals surface area (Å²) in [4.78, 5) is 70.0. The Labute approximate surface area is 147 Å². The number of nitrogens with zero attached hydrogens (tertiary/aromatic N) is 2. The number of esters is 4. The van der Waals surface area contributed by atoms with Gasteiger partial charge in [-0.05, 0) is 0 Å². The molecule has 0 aromatic rings. The van der Waals surface area contributed by atoms with E-state index in [0.717, 1.165) is 27.7 Å². The maximum atomic E-state index is 11.6. The molecule has 0 spiro atoms. The van der Waals surface area contributed by atoms with E-state index in [1.54, 1.807) is 0 Å². The number of carbonyl (C=O) groups is 6. The molecule has 2 amide bonds. The van der Waals surface area contributed by atoms with Gasteiger partial charge in [0.2, 0.25) is 37.7 Å².